The number of hydrogen-bond donors (Lipinski definition) is 3. The number of amides is 1. The molecule has 0 saturated carbocycles. The summed E-state index contributed by atoms with van der Waals surface area (Å²) < 4.78 is 31.2. The minimum atomic E-state index is -3.66. The van der Waals surface area contributed by atoms with Crippen LogP contribution in [0, 0.1) is 6.92 Å². The second-order valence-electron chi connectivity index (χ2n) is 3.36. The first-order valence-electron chi connectivity index (χ1n) is 4.79. The standard InChI is InChI=1S/C8H14N4O4S/c1-5-4-7(11-16-5)10-8(13)6(2)12-17(14,15)9-3/h4,6,9,12H,1-3H3,(H,10,11,13). The highest BCUT2D eigenvalue weighted by Gasteiger charge is 2.19. The third kappa shape index (κ3) is 4.13. The molecule has 0 spiro atoms. The number of hydrogen-bond acceptors (Lipinski definition) is 5. The first-order chi connectivity index (χ1) is 7.84. The van der Waals surface area contributed by atoms with Gasteiger partial charge in [-0.05, 0) is 13.8 Å². The van der Waals surface area contributed by atoms with E-state index in [-0.39, 0.29) is 5.82 Å². The summed E-state index contributed by atoms with van der Waals surface area (Å²) in [6.45, 7) is 3.09. The lowest BCUT2D eigenvalue weighted by Gasteiger charge is -2.12. The highest BCUT2D eigenvalue weighted by Crippen LogP contribution is 2.07. The van der Waals surface area contributed by atoms with Crippen LogP contribution in [0.3, 0.4) is 0 Å². The van der Waals surface area contributed by atoms with Crippen molar-refractivity contribution in [1.82, 2.24) is 14.6 Å². The summed E-state index contributed by atoms with van der Waals surface area (Å²) in [6, 6.07) is 0.599. The van der Waals surface area contributed by atoms with E-state index >= 15 is 0 Å². The Kier molecular flexibility index (Phi) is 4.21. The van der Waals surface area contributed by atoms with Crippen molar-refractivity contribution < 1.29 is 17.7 Å². The third-order valence-corrected chi connectivity index (χ3v) is 3.07. The minimum absolute atomic E-state index is 0.239. The lowest BCUT2D eigenvalue weighted by Crippen LogP contribution is -2.45. The summed E-state index contributed by atoms with van der Waals surface area (Å²) in [5.74, 6) is 0.254. The lowest BCUT2D eigenvalue weighted by molar-refractivity contribution is -0.117. The van der Waals surface area contributed by atoms with E-state index in [0.29, 0.717) is 5.76 Å². The van der Waals surface area contributed by atoms with Gasteiger partial charge in [-0.1, -0.05) is 5.16 Å². The normalized spacial score (nSPS) is 13.4. The van der Waals surface area contributed by atoms with Gasteiger partial charge in [-0.25, -0.2) is 4.72 Å². The fourth-order valence-corrected chi connectivity index (χ4v) is 1.70. The topological polar surface area (TPSA) is 113 Å². The van der Waals surface area contributed by atoms with Crippen LogP contribution < -0.4 is 14.8 Å². The van der Waals surface area contributed by atoms with Gasteiger partial charge in [0, 0.05) is 13.1 Å². The number of carbonyl (C=O) groups is 1. The monoisotopic (exact) mass is 262 g/mol. The van der Waals surface area contributed by atoms with Gasteiger partial charge in [0.25, 0.3) is 10.2 Å². The van der Waals surface area contributed by atoms with Gasteiger partial charge in [-0.3, -0.25) is 4.79 Å². The van der Waals surface area contributed by atoms with Crippen molar-refractivity contribution in [3.8, 4) is 0 Å². The van der Waals surface area contributed by atoms with Crippen LogP contribution in [0.1, 0.15) is 12.7 Å². The van der Waals surface area contributed by atoms with Crippen LogP contribution in [0.5, 0.6) is 0 Å². The zero-order chi connectivity index (χ0) is 13.1. The summed E-state index contributed by atoms with van der Waals surface area (Å²) in [5.41, 5.74) is 0. The molecule has 0 aliphatic rings. The van der Waals surface area contributed by atoms with Crippen molar-refractivity contribution in [2.75, 3.05) is 12.4 Å². The summed E-state index contributed by atoms with van der Waals surface area (Å²) >= 11 is 0. The van der Waals surface area contributed by atoms with Gasteiger partial charge in [0.05, 0.1) is 6.04 Å². The molecule has 1 heterocycles. The smallest absolute Gasteiger partial charge is 0.277 e. The molecule has 17 heavy (non-hydrogen) atoms. The highest BCUT2D eigenvalue weighted by molar-refractivity contribution is 7.87. The van der Waals surface area contributed by atoms with Crippen molar-refractivity contribution in [1.29, 1.82) is 0 Å². The Morgan fingerprint density at radius 3 is 2.65 bits per heavy atom. The predicted octanol–water partition coefficient (Wildman–Crippen LogP) is -0.636. The van der Waals surface area contributed by atoms with E-state index in [1.54, 1.807) is 6.92 Å². The largest absolute Gasteiger partial charge is 0.360 e. The number of carbonyl (C=O) groups excluding carboxylic acids is 1. The molecule has 96 valence electrons. The van der Waals surface area contributed by atoms with Crippen LogP contribution in [0.15, 0.2) is 10.6 Å². The maximum atomic E-state index is 11.6. The fourth-order valence-electron chi connectivity index (χ4n) is 1.00. The maximum absolute atomic E-state index is 11.6. The molecule has 1 amide bonds. The molecule has 0 bridgehead atoms. The molecular weight excluding hydrogens is 248 g/mol. The van der Waals surface area contributed by atoms with Crippen molar-refractivity contribution >= 4 is 21.9 Å². The molecule has 0 aliphatic carbocycles. The van der Waals surface area contributed by atoms with Crippen molar-refractivity contribution in [3.63, 3.8) is 0 Å². The lowest BCUT2D eigenvalue weighted by atomic mass is 10.3. The summed E-state index contributed by atoms with van der Waals surface area (Å²) in [7, 11) is -2.41. The summed E-state index contributed by atoms with van der Waals surface area (Å²) in [4.78, 5) is 11.6. The average molecular weight is 262 g/mol. The molecule has 0 saturated heterocycles. The average Bonchev–Trinajstić information content (AvgIpc) is 2.63. The van der Waals surface area contributed by atoms with E-state index < -0.39 is 22.2 Å². The summed E-state index contributed by atoms with van der Waals surface area (Å²) in [5, 5.41) is 5.97. The quantitative estimate of drug-likeness (QED) is 0.653. The van der Waals surface area contributed by atoms with Crippen molar-refractivity contribution in [2.45, 2.75) is 19.9 Å². The van der Waals surface area contributed by atoms with Gasteiger partial charge in [0.15, 0.2) is 5.82 Å². The van der Waals surface area contributed by atoms with E-state index in [2.05, 4.69) is 15.2 Å². The van der Waals surface area contributed by atoms with Crippen LogP contribution in [0.25, 0.3) is 0 Å². The Morgan fingerprint density at radius 1 is 1.53 bits per heavy atom. The molecule has 1 atom stereocenters. The van der Waals surface area contributed by atoms with Gasteiger partial charge in [-0.2, -0.15) is 13.1 Å². The Balaban J connectivity index is 2.59. The number of nitrogens with zero attached hydrogens (tertiary/aromatic N) is 1. The fraction of sp³-hybridized carbons (Fsp3) is 0.500. The van der Waals surface area contributed by atoms with E-state index in [1.807, 2.05) is 4.72 Å². The first-order valence-corrected chi connectivity index (χ1v) is 6.27. The number of anilines is 1. The van der Waals surface area contributed by atoms with Crippen LogP contribution in [-0.2, 0) is 15.0 Å². The highest BCUT2D eigenvalue weighted by atomic mass is 32.2. The van der Waals surface area contributed by atoms with Gasteiger partial charge >= 0.3 is 0 Å². The molecule has 9 heteroatoms. The Labute approximate surface area is 98.9 Å². The van der Waals surface area contributed by atoms with Crippen LogP contribution >= 0.6 is 0 Å². The van der Waals surface area contributed by atoms with Gasteiger partial charge in [0.2, 0.25) is 5.91 Å². The van der Waals surface area contributed by atoms with Crippen LogP contribution in [-0.4, -0.2) is 32.6 Å². The van der Waals surface area contributed by atoms with E-state index in [1.165, 1.54) is 20.0 Å². The molecular formula is C8H14N4O4S. The molecule has 1 aromatic heterocycles. The molecule has 1 unspecified atom stereocenters. The Bertz CT molecular complexity index is 495. The zero-order valence-corrected chi connectivity index (χ0v) is 10.5. The molecule has 1 aromatic rings. The zero-order valence-electron chi connectivity index (χ0n) is 9.64. The first kappa shape index (κ1) is 13.6. The molecule has 0 aliphatic heterocycles. The second-order valence-corrected chi connectivity index (χ2v) is 5.01. The number of aromatic nitrogens is 1. The van der Waals surface area contributed by atoms with Crippen molar-refractivity contribution in [2.24, 2.45) is 0 Å². The summed E-state index contributed by atoms with van der Waals surface area (Å²) in [6.07, 6.45) is 0. The molecule has 0 aromatic carbocycles. The predicted molar refractivity (Wildman–Crippen MR) is 60.4 cm³/mol. The van der Waals surface area contributed by atoms with E-state index in [9.17, 15) is 13.2 Å². The molecule has 3 N–H and O–H groups in total. The third-order valence-electron chi connectivity index (χ3n) is 1.87. The molecule has 8 nitrogen and oxygen atoms in total. The van der Waals surface area contributed by atoms with Crippen LogP contribution in [0.4, 0.5) is 5.82 Å². The van der Waals surface area contributed by atoms with Gasteiger partial charge in [-0.15, -0.1) is 0 Å². The van der Waals surface area contributed by atoms with Gasteiger partial charge in [0.1, 0.15) is 5.76 Å². The number of aryl methyl sites for hydroxylation is 1. The number of rotatable bonds is 5. The molecule has 0 fully saturated rings. The molecule has 1 rings (SSSR count). The molecule has 0 radical (unpaired) electrons. The Morgan fingerprint density at radius 2 is 2.18 bits per heavy atom. The van der Waals surface area contributed by atoms with E-state index in [4.69, 9.17) is 4.52 Å². The minimum Gasteiger partial charge on any atom is -0.360 e. The second kappa shape index (κ2) is 5.25. The Hall–Kier alpha value is -1.45. The van der Waals surface area contributed by atoms with E-state index in [0.717, 1.165) is 0 Å². The van der Waals surface area contributed by atoms with Gasteiger partial charge < -0.3 is 9.84 Å². The SMILES string of the molecule is CNS(=O)(=O)NC(C)C(=O)Nc1cc(C)on1. The number of nitrogens with one attached hydrogen (secondary N) is 3. The van der Waals surface area contributed by atoms with Crippen LogP contribution in [0.2, 0.25) is 0 Å². The maximum Gasteiger partial charge on any atom is 0.277 e. The van der Waals surface area contributed by atoms with Crippen molar-refractivity contribution in [3.05, 3.63) is 11.8 Å².